The molecule has 2 heteroatoms. The molecule has 102 valence electrons. The van der Waals surface area contributed by atoms with Crippen LogP contribution in [0.25, 0.3) is 0 Å². The molecule has 0 fully saturated rings. The third-order valence-electron chi connectivity index (χ3n) is 3.31. The quantitative estimate of drug-likeness (QED) is 0.764. The minimum absolute atomic E-state index is 0.548. The average molecular weight is 249 g/mol. The molecule has 1 atom stereocenters. The smallest absolute Gasteiger partial charge is 0.0465 e. The summed E-state index contributed by atoms with van der Waals surface area (Å²) in [5.74, 6) is 0.647. The Labute approximate surface area is 112 Å². The van der Waals surface area contributed by atoms with E-state index in [2.05, 4.69) is 50.4 Å². The standard InChI is InChI=1S/C16H27NO/c1-13(2)17-12-15(9-10-18-4)11-16-8-6-5-7-14(16)3/h5-8,13,15,17H,9-12H2,1-4H3. The van der Waals surface area contributed by atoms with Crippen molar-refractivity contribution in [2.45, 2.75) is 39.7 Å². The first kappa shape index (κ1) is 15.2. The molecule has 0 amide bonds. The molecule has 0 aliphatic carbocycles. The fourth-order valence-electron chi connectivity index (χ4n) is 2.11. The average Bonchev–Trinajstić information content (AvgIpc) is 2.35. The maximum Gasteiger partial charge on any atom is 0.0465 e. The maximum atomic E-state index is 5.22. The highest BCUT2D eigenvalue weighted by molar-refractivity contribution is 5.25. The van der Waals surface area contributed by atoms with Crippen LogP contribution in [-0.4, -0.2) is 26.3 Å². The molecule has 0 heterocycles. The van der Waals surface area contributed by atoms with E-state index in [1.54, 1.807) is 7.11 Å². The van der Waals surface area contributed by atoms with Gasteiger partial charge in [0, 0.05) is 19.8 Å². The zero-order chi connectivity index (χ0) is 13.4. The molecular formula is C16H27NO. The summed E-state index contributed by atoms with van der Waals surface area (Å²) >= 11 is 0. The lowest BCUT2D eigenvalue weighted by atomic mass is 9.93. The molecule has 0 spiro atoms. The van der Waals surface area contributed by atoms with Crippen LogP contribution in [0.1, 0.15) is 31.4 Å². The number of rotatable bonds is 8. The van der Waals surface area contributed by atoms with E-state index in [4.69, 9.17) is 4.74 Å². The van der Waals surface area contributed by atoms with Crippen LogP contribution in [0.4, 0.5) is 0 Å². The van der Waals surface area contributed by atoms with Gasteiger partial charge in [-0.2, -0.15) is 0 Å². The van der Waals surface area contributed by atoms with Gasteiger partial charge in [0.25, 0.3) is 0 Å². The topological polar surface area (TPSA) is 21.3 Å². The predicted octanol–water partition coefficient (Wildman–Crippen LogP) is 3.19. The van der Waals surface area contributed by atoms with Gasteiger partial charge in [-0.3, -0.25) is 0 Å². The molecule has 0 aliphatic rings. The van der Waals surface area contributed by atoms with Crippen molar-refractivity contribution in [3.05, 3.63) is 35.4 Å². The van der Waals surface area contributed by atoms with Gasteiger partial charge in [-0.25, -0.2) is 0 Å². The molecule has 1 aromatic rings. The molecule has 1 rings (SSSR count). The lowest BCUT2D eigenvalue weighted by molar-refractivity contribution is 0.175. The minimum atomic E-state index is 0.548. The molecule has 2 nitrogen and oxygen atoms in total. The van der Waals surface area contributed by atoms with Crippen LogP contribution in [0.15, 0.2) is 24.3 Å². The third-order valence-corrected chi connectivity index (χ3v) is 3.31. The number of methoxy groups -OCH3 is 1. The van der Waals surface area contributed by atoms with Gasteiger partial charge in [0.15, 0.2) is 0 Å². The summed E-state index contributed by atoms with van der Waals surface area (Å²) in [7, 11) is 1.78. The summed E-state index contributed by atoms with van der Waals surface area (Å²) < 4.78 is 5.22. The monoisotopic (exact) mass is 249 g/mol. The first-order valence-corrected chi connectivity index (χ1v) is 6.90. The molecule has 1 N–H and O–H groups in total. The second kappa shape index (κ2) is 8.28. The number of nitrogens with one attached hydrogen (secondary N) is 1. The van der Waals surface area contributed by atoms with E-state index in [-0.39, 0.29) is 0 Å². The van der Waals surface area contributed by atoms with E-state index in [0.717, 1.165) is 26.0 Å². The Balaban J connectivity index is 2.56. The molecule has 0 radical (unpaired) electrons. The number of hydrogen-bond acceptors (Lipinski definition) is 2. The molecular weight excluding hydrogens is 222 g/mol. The minimum Gasteiger partial charge on any atom is -0.385 e. The molecule has 0 bridgehead atoms. The van der Waals surface area contributed by atoms with Crippen molar-refractivity contribution in [1.82, 2.24) is 5.32 Å². The van der Waals surface area contributed by atoms with Gasteiger partial charge < -0.3 is 10.1 Å². The third kappa shape index (κ3) is 5.65. The van der Waals surface area contributed by atoms with Crippen molar-refractivity contribution in [1.29, 1.82) is 0 Å². The van der Waals surface area contributed by atoms with Crippen molar-refractivity contribution in [2.75, 3.05) is 20.3 Å². The van der Waals surface area contributed by atoms with Crippen LogP contribution in [0.2, 0.25) is 0 Å². The Bertz CT molecular complexity index is 336. The highest BCUT2D eigenvalue weighted by atomic mass is 16.5. The van der Waals surface area contributed by atoms with Crippen LogP contribution in [0.3, 0.4) is 0 Å². The van der Waals surface area contributed by atoms with Crippen LogP contribution in [0, 0.1) is 12.8 Å². The van der Waals surface area contributed by atoms with Gasteiger partial charge in [-0.15, -0.1) is 0 Å². The molecule has 0 saturated carbocycles. The summed E-state index contributed by atoms with van der Waals surface area (Å²) in [5, 5.41) is 3.54. The number of ether oxygens (including phenoxy) is 1. The number of aryl methyl sites for hydroxylation is 1. The zero-order valence-corrected chi connectivity index (χ0v) is 12.2. The van der Waals surface area contributed by atoms with Crippen LogP contribution < -0.4 is 5.32 Å². The second-order valence-corrected chi connectivity index (χ2v) is 5.34. The van der Waals surface area contributed by atoms with Crippen molar-refractivity contribution in [2.24, 2.45) is 5.92 Å². The number of hydrogen-bond donors (Lipinski definition) is 1. The van der Waals surface area contributed by atoms with E-state index >= 15 is 0 Å². The summed E-state index contributed by atoms with van der Waals surface area (Å²) in [6.07, 6.45) is 2.25. The van der Waals surface area contributed by atoms with Crippen LogP contribution in [0.5, 0.6) is 0 Å². The van der Waals surface area contributed by atoms with E-state index in [1.807, 2.05) is 0 Å². The first-order valence-electron chi connectivity index (χ1n) is 6.90. The lowest BCUT2D eigenvalue weighted by Gasteiger charge is -2.20. The molecule has 1 unspecified atom stereocenters. The van der Waals surface area contributed by atoms with Gasteiger partial charge in [0.1, 0.15) is 0 Å². The SMILES string of the molecule is COCCC(CNC(C)C)Cc1ccccc1C. The Hall–Kier alpha value is -0.860. The summed E-state index contributed by atoms with van der Waals surface area (Å²) in [6, 6.07) is 9.22. The maximum absolute atomic E-state index is 5.22. The molecule has 18 heavy (non-hydrogen) atoms. The molecule has 0 aliphatic heterocycles. The van der Waals surface area contributed by atoms with E-state index in [1.165, 1.54) is 11.1 Å². The van der Waals surface area contributed by atoms with Crippen LogP contribution in [-0.2, 0) is 11.2 Å². The molecule has 1 aromatic carbocycles. The largest absolute Gasteiger partial charge is 0.385 e. The van der Waals surface area contributed by atoms with E-state index in [0.29, 0.717) is 12.0 Å². The van der Waals surface area contributed by atoms with Crippen LogP contribution >= 0.6 is 0 Å². The fraction of sp³-hybridized carbons (Fsp3) is 0.625. The Kier molecular flexibility index (Phi) is 6.99. The highest BCUT2D eigenvalue weighted by Crippen LogP contribution is 2.15. The molecule has 0 saturated heterocycles. The van der Waals surface area contributed by atoms with Gasteiger partial charge in [0.2, 0.25) is 0 Å². The molecule has 0 aromatic heterocycles. The predicted molar refractivity (Wildman–Crippen MR) is 78.0 cm³/mol. The summed E-state index contributed by atoms with van der Waals surface area (Å²) in [6.45, 7) is 8.49. The second-order valence-electron chi connectivity index (χ2n) is 5.34. The summed E-state index contributed by atoms with van der Waals surface area (Å²) in [4.78, 5) is 0. The van der Waals surface area contributed by atoms with Gasteiger partial charge in [-0.1, -0.05) is 38.1 Å². The van der Waals surface area contributed by atoms with Gasteiger partial charge in [0.05, 0.1) is 0 Å². The fourth-order valence-corrected chi connectivity index (χ4v) is 2.11. The summed E-state index contributed by atoms with van der Waals surface area (Å²) in [5.41, 5.74) is 2.86. The van der Waals surface area contributed by atoms with Gasteiger partial charge >= 0.3 is 0 Å². The Morgan fingerprint density at radius 2 is 1.94 bits per heavy atom. The normalized spacial score (nSPS) is 12.9. The Morgan fingerprint density at radius 1 is 1.22 bits per heavy atom. The highest BCUT2D eigenvalue weighted by Gasteiger charge is 2.11. The van der Waals surface area contributed by atoms with Crippen molar-refractivity contribution in [3.63, 3.8) is 0 Å². The lowest BCUT2D eigenvalue weighted by Crippen LogP contribution is -2.30. The van der Waals surface area contributed by atoms with Crippen molar-refractivity contribution in [3.8, 4) is 0 Å². The zero-order valence-electron chi connectivity index (χ0n) is 12.2. The van der Waals surface area contributed by atoms with Crippen molar-refractivity contribution >= 4 is 0 Å². The number of benzene rings is 1. The van der Waals surface area contributed by atoms with Crippen molar-refractivity contribution < 1.29 is 4.74 Å². The van der Waals surface area contributed by atoms with E-state index in [9.17, 15) is 0 Å². The first-order chi connectivity index (χ1) is 8.63. The van der Waals surface area contributed by atoms with Gasteiger partial charge in [-0.05, 0) is 43.4 Å². The van der Waals surface area contributed by atoms with E-state index < -0.39 is 0 Å². The Morgan fingerprint density at radius 3 is 2.56 bits per heavy atom.